The summed E-state index contributed by atoms with van der Waals surface area (Å²) in [5.41, 5.74) is 3.64. The maximum absolute atomic E-state index is 9.23. The highest BCUT2D eigenvalue weighted by Crippen LogP contribution is 2.33. The molecule has 0 unspecified atom stereocenters. The van der Waals surface area contributed by atoms with E-state index in [1.54, 1.807) is 0 Å². The number of nitriles is 1. The Morgan fingerprint density at radius 2 is 2.16 bits per heavy atom. The van der Waals surface area contributed by atoms with Crippen molar-refractivity contribution in [1.82, 2.24) is 10.2 Å². The van der Waals surface area contributed by atoms with Crippen molar-refractivity contribution in [3.63, 3.8) is 0 Å². The zero-order valence-corrected chi connectivity index (χ0v) is 11.4. The van der Waals surface area contributed by atoms with Gasteiger partial charge in [-0.1, -0.05) is 12.1 Å². The maximum atomic E-state index is 9.23. The summed E-state index contributed by atoms with van der Waals surface area (Å²) in [6, 6.07) is 8.61. The summed E-state index contributed by atoms with van der Waals surface area (Å²) in [6.45, 7) is 5.69. The monoisotopic (exact) mass is 255 g/mol. The number of piperazine rings is 1. The fourth-order valence-electron chi connectivity index (χ4n) is 3.45. The number of benzene rings is 1. The highest BCUT2D eigenvalue weighted by molar-refractivity contribution is 5.45. The van der Waals surface area contributed by atoms with Gasteiger partial charge in [-0.3, -0.25) is 0 Å². The lowest BCUT2D eigenvalue weighted by molar-refractivity contribution is 0.220. The fraction of sp³-hybridized carbons (Fsp3) is 0.562. The van der Waals surface area contributed by atoms with Crippen LogP contribution in [0.1, 0.15) is 35.4 Å². The molecule has 1 atom stereocenters. The SMILES string of the molecule is N#Cc1cccc2c1CCC[C@@H]2CN1CCNCC1. The molecule has 3 nitrogen and oxygen atoms in total. The largest absolute Gasteiger partial charge is 0.314 e. The van der Waals surface area contributed by atoms with E-state index in [2.05, 4.69) is 22.4 Å². The smallest absolute Gasteiger partial charge is 0.0994 e. The van der Waals surface area contributed by atoms with Crippen LogP contribution in [0, 0.1) is 11.3 Å². The van der Waals surface area contributed by atoms with Crippen LogP contribution >= 0.6 is 0 Å². The van der Waals surface area contributed by atoms with Gasteiger partial charge in [0.05, 0.1) is 11.6 Å². The summed E-state index contributed by atoms with van der Waals surface area (Å²) >= 11 is 0. The zero-order valence-electron chi connectivity index (χ0n) is 11.4. The van der Waals surface area contributed by atoms with E-state index >= 15 is 0 Å². The van der Waals surface area contributed by atoms with Gasteiger partial charge in [0, 0.05) is 32.7 Å². The van der Waals surface area contributed by atoms with Crippen LogP contribution in [0.15, 0.2) is 18.2 Å². The Hall–Kier alpha value is -1.37. The molecule has 100 valence electrons. The second-order valence-corrected chi connectivity index (χ2v) is 5.62. The first-order valence-electron chi connectivity index (χ1n) is 7.33. The van der Waals surface area contributed by atoms with Crippen LogP contribution in [-0.4, -0.2) is 37.6 Å². The van der Waals surface area contributed by atoms with Gasteiger partial charge in [0.1, 0.15) is 0 Å². The first-order chi connectivity index (χ1) is 9.38. The molecule has 1 N–H and O–H groups in total. The Kier molecular flexibility index (Phi) is 3.82. The van der Waals surface area contributed by atoms with Crippen molar-refractivity contribution in [3.8, 4) is 6.07 Å². The molecule has 1 aromatic carbocycles. The van der Waals surface area contributed by atoms with E-state index < -0.39 is 0 Å². The van der Waals surface area contributed by atoms with Crippen molar-refractivity contribution in [1.29, 1.82) is 5.26 Å². The van der Waals surface area contributed by atoms with Crippen LogP contribution in [0.2, 0.25) is 0 Å². The standard InChI is InChI=1S/C16H21N3/c17-11-13-3-1-6-16-14(4-2-5-15(13)16)12-19-9-7-18-8-10-19/h1,3,6,14,18H,2,4-5,7-10,12H2/t14-/m1/s1. The van der Waals surface area contributed by atoms with Gasteiger partial charge in [0.15, 0.2) is 0 Å². The van der Waals surface area contributed by atoms with E-state index in [1.807, 2.05) is 12.1 Å². The number of fused-ring (bicyclic) bond motifs is 1. The molecule has 2 aliphatic rings. The number of nitrogens with zero attached hydrogens (tertiary/aromatic N) is 2. The average Bonchev–Trinajstić information content (AvgIpc) is 2.48. The third-order valence-electron chi connectivity index (χ3n) is 4.44. The molecule has 1 heterocycles. The molecule has 1 fully saturated rings. The van der Waals surface area contributed by atoms with Crippen molar-refractivity contribution >= 4 is 0 Å². The van der Waals surface area contributed by atoms with Gasteiger partial charge in [-0.15, -0.1) is 0 Å². The van der Waals surface area contributed by atoms with Crippen LogP contribution in [0.4, 0.5) is 0 Å². The lowest BCUT2D eigenvalue weighted by atomic mass is 9.80. The normalized spacial score (nSPS) is 23.6. The summed E-state index contributed by atoms with van der Waals surface area (Å²) in [5.74, 6) is 0.621. The summed E-state index contributed by atoms with van der Waals surface area (Å²) < 4.78 is 0. The van der Waals surface area contributed by atoms with E-state index in [-0.39, 0.29) is 0 Å². The Morgan fingerprint density at radius 3 is 2.95 bits per heavy atom. The number of hydrogen-bond acceptors (Lipinski definition) is 3. The first kappa shape index (κ1) is 12.7. The van der Waals surface area contributed by atoms with Crippen LogP contribution in [0.5, 0.6) is 0 Å². The highest BCUT2D eigenvalue weighted by atomic mass is 15.2. The van der Waals surface area contributed by atoms with Crippen LogP contribution < -0.4 is 5.32 Å². The van der Waals surface area contributed by atoms with E-state index in [9.17, 15) is 5.26 Å². The van der Waals surface area contributed by atoms with Crippen molar-refractivity contribution in [2.45, 2.75) is 25.2 Å². The summed E-state index contributed by atoms with van der Waals surface area (Å²) in [5, 5.41) is 12.6. The Bertz CT molecular complexity index is 483. The second kappa shape index (κ2) is 5.73. The van der Waals surface area contributed by atoms with E-state index in [0.29, 0.717) is 5.92 Å². The molecular weight excluding hydrogens is 234 g/mol. The van der Waals surface area contributed by atoms with Gasteiger partial charge in [-0.2, -0.15) is 5.26 Å². The predicted octanol–water partition coefficient (Wildman–Crippen LogP) is 1.88. The molecule has 1 aliphatic carbocycles. The highest BCUT2D eigenvalue weighted by Gasteiger charge is 2.24. The van der Waals surface area contributed by atoms with Crippen LogP contribution in [-0.2, 0) is 6.42 Å². The van der Waals surface area contributed by atoms with Gasteiger partial charge in [-0.25, -0.2) is 0 Å². The quantitative estimate of drug-likeness (QED) is 0.877. The van der Waals surface area contributed by atoms with Crippen molar-refractivity contribution < 1.29 is 0 Å². The Balaban J connectivity index is 1.80. The minimum absolute atomic E-state index is 0.621. The molecule has 0 amide bonds. The molecular formula is C16H21N3. The molecule has 1 aliphatic heterocycles. The van der Waals surface area contributed by atoms with Crippen LogP contribution in [0.3, 0.4) is 0 Å². The fourth-order valence-corrected chi connectivity index (χ4v) is 3.45. The van der Waals surface area contributed by atoms with Gasteiger partial charge in [-0.05, 0) is 42.4 Å². The maximum Gasteiger partial charge on any atom is 0.0994 e. The molecule has 0 spiro atoms. The predicted molar refractivity (Wildman–Crippen MR) is 76.1 cm³/mol. The third-order valence-corrected chi connectivity index (χ3v) is 4.44. The van der Waals surface area contributed by atoms with Crippen molar-refractivity contribution in [2.24, 2.45) is 0 Å². The first-order valence-corrected chi connectivity index (χ1v) is 7.33. The topological polar surface area (TPSA) is 39.1 Å². The van der Waals surface area contributed by atoms with Gasteiger partial charge in [0.2, 0.25) is 0 Å². The molecule has 19 heavy (non-hydrogen) atoms. The molecule has 3 rings (SSSR count). The molecule has 0 saturated carbocycles. The van der Waals surface area contributed by atoms with E-state index in [0.717, 1.165) is 44.7 Å². The Labute approximate surface area is 115 Å². The van der Waals surface area contributed by atoms with Crippen LogP contribution in [0.25, 0.3) is 0 Å². The van der Waals surface area contributed by atoms with E-state index in [1.165, 1.54) is 24.0 Å². The molecule has 0 bridgehead atoms. The van der Waals surface area contributed by atoms with Gasteiger partial charge in [0.25, 0.3) is 0 Å². The van der Waals surface area contributed by atoms with Gasteiger partial charge < -0.3 is 10.2 Å². The summed E-state index contributed by atoms with van der Waals surface area (Å²) in [6.07, 6.45) is 3.57. The second-order valence-electron chi connectivity index (χ2n) is 5.62. The molecule has 0 aromatic heterocycles. The minimum Gasteiger partial charge on any atom is -0.314 e. The molecule has 0 radical (unpaired) electrons. The lowest BCUT2D eigenvalue weighted by Crippen LogP contribution is -2.45. The zero-order chi connectivity index (χ0) is 13.1. The number of nitrogens with one attached hydrogen (secondary N) is 1. The molecule has 1 aromatic rings. The minimum atomic E-state index is 0.621. The van der Waals surface area contributed by atoms with Crippen molar-refractivity contribution in [2.75, 3.05) is 32.7 Å². The molecule has 1 saturated heterocycles. The van der Waals surface area contributed by atoms with E-state index in [4.69, 9.17) is 0 Å². The third kappa shape index (κ3) is 2.65. The Morgan fingerprint density at radius 1 is 1.32 bits per heavy atom. The summed E-state index contributed by atoms with van der Waals surface area (Å²) in [4.78, 5) is 2.56. The number of hydrogen-bond donors (Lipinski definition) is 1. The lowest BCUT2D eigenvalue weighted by Gasteiger charge is -2.34. The van der Waals surface area contributed by atoms with Gasteiger partial charge >= 0.3 is 0 Å². The van der Waals surface area contributed by atoms with Crippen molar-refractivity contribution in [3.05, 3.63) is 34.9 Å². The molecule has 3 heteroatoms. The number of rotatable bonds is 2. The summed E-state index contributed by atoms with van der Waals surface area (Å²) in [7, 11) is 0. The average molecular weight is 255 g/mol.